The maximum Gasteiger partial charge on any atom is 0.174 e. The van der Waals surface area contributed by atoms with Crippen molar-refractivity contribution in [2.45, 2.75) is 30.9 Å². The molecule has 1 fully saturated rings. The second-order valence-corrected chi connectivity index (χ2v) is 6.34. The van der Waals surface area contributed by atoms with Crippen molar-refractivity contribution in [2.75, 3.05) is 5.75 Å². The van der Waals surface area contributed by atoms with Gasteiger partial charge in [0.15, 0.2) is 5.78 Å². The van der Waals surface area contributed by atoms with E-state index in [1.807, 2.05) is 42.2 Å². The summed E-state index contributed by atoms with van der Waals surface area (Å²) in [4.78, 5) is 16.5. The van der Waals surface area contributed by atoms with Crippen LogP contribution in [-0.2, 0) is 0 Å². The second-order valence-electron chi connectivity index (χ2n) is 5.05. The SMILES string of the molecule is O=C(CSC1CCCC1)c1cncc2ccccc12. The topological polar surface area (TPSA) is 30.0 Å². The van der Waals surface area contributed by atoms with Gasteiger partial charge in [0, 0.05) is 28.6 Å². The molecular weight excluding hydrogens is 254 g/mol. The van der Waals surface area contributed by atoms with Crippen LogP contribution in [-0.4, -0.2) is 21.8 Å². The highest BCUT2D eigenvalue weighted by atomic mass is 32.2. The molecule has 0 spiro atoms. The van der Waals surface area contributed by atoms with Gasteiger partial charge in [-0.2, -0.15) is 11.8 Å². The summed E-state index contributed by atoms with van der Waals surface area (Å²) in [5.41, 5.74) is 0.767. The fourth-order valence-electron chi connectivity index (χ4n) is 2.67. The number of benzene rings is 1. The lowest BCUT2D eigenvalue weighted by molar-refractivity contribution is 0.102. The van der Waals surface area contributed by atoms with Crippen LogP contribution in [0.1, 0.15) is 36.0 Å². The minimum atomic E-state index is 0.209. The number of hydrogen-bond donors (Lipinski definition) is 0. The largest absolute Gasteiger partial charge is 0.293 e. The van der Waals surface area contributed by atoms with E-state index < -0.39 is 0 Å². The molecule has 0 atom stereocenters. The highest BCUT2D eigenvalue weighted by molar-refractivity contribution is 8.00. The molecule has 3 heteroatoms. The third-order valence-electron chi connectivity index (χ3n) is 3.72. The maximum atomic E-state index is 12.4. The molecule has 1 saturated carbocycles. The lowest BCUT2D eigenvalue weighted by Crippen LogP contribution is -2.07. The summed E-state index contributed by atoms with van der Waals surface area (Å²) in [5, 5.41) is 2.75. The Bertz CT molecular complexity index is 585. The Kier molecular flexibility index (Phi) is 3.83. The van der Waals surface area contributed by atoms with Crippen molar-refractivity contribution in [3.63, 3.8) is 0 Å². The smallest absolute Gasteiger partial charge is 0.174 e. The van der Waals surface area contributed by atoms with Gasteiger partial charge in [-0.1, -0.05) is 37.1 Å². The summed E-state index contributed by atoms with van der Waals surface area (Å²) in [6, 6.07) is 7.96. The molecule has 0 saturated heterocycles. The fourth-order valence-corrected chi connectivity index (χ4v) is 3.87. The van der Waals surface area contributed by atoms with Gasteiger partial charge in [-0.15, -0.1) is 0 Å². The number of hydrogen-bond acceptors (Lipinski definition) is 3. The first-order valence-corrected chi connectivity index (χ1v) is 7.87. The number of carbonyl (C=O) groups excluding carboxylic acids is 1. The van der Waals surface area contributed by atoms with Gasteiger partial charge >= 0.3 is 0 Å². The first-order valence-electron chi connectivity index (χ1n) is 6.82. The van der Waals surface area contributed by atoms with Crippen LogP contribution < -0.4 is 0 Å². The van der Waals surface area contributed by atoms with E-state index in [0.717, 1.165) is 16.3 Å². The minimum absolute atomic E-state index is 0.209. The van der Waals surface area contributed by atoms with Gasteiger partial charge in [0.05, 0.1) is 5.75 Å². The molecule has 0 unspecified atom stereocenters. The molecular formula is C16H17NOS. The third kappa shape index (κ3) is 2.81. The van der Waals surface area contributed by atoms with Crippen LogP contribution in [0.25, 0.3) is 10.8 Å². The Balaban J connectivity index is 1.77. The molecule has 0 N–H and O–H groups in total. The third-order valence-corrected chi connectivity index (χ3v) is 5.09. The number of nitrogens with zero attached hydrogens (tertiary/aromatic N) is 1. The Labute approximate surface area is 117 Å². The van der Waals surface area contributed by atoms with Crippen LogP contribution >= 0.6 is 11.8 Å². The first kappa shape index (κ1) is 12.7. The predicted molar refractivity (Wildman–Crippen MR) is 80.8 cm³/mol. The van der Waals surface area contributed by atoms with Crippen LogP contribution in [0, 0.1) is 0 Å². The number of aromatic nitrogens is 1. The van der Waals surface area contributed by atoms with Gasteiger partial charge in [-0.25, -0.2) is 0 Å². The minimum Gasteiger partial charge on any atom is -0.293 e. The molecule has 1 heterocycles. The molecule has 0 amide bonds. The average Bonchev–Trinajstić information content (AvgIpc) is 2.97. The second kappa shape index (κ2) is 5.74. The van der Waals surface area contributed by atoms with E-state index in [1.54, 1.807) is 6.20 Å². The van der Waals surface area contributed by atoms with Crippen LogP contribution in [0.5, 0.6) is 0 Å². The molecule has 19 heavy (non-hydrogen) atoms. The average molecular weight is 271 g/mol. The van der Waals surface area contributed by atoms with E-state index in [9.17, 15) is 4.79 Å². The summed E-state index contributed by atoms with van der Waals surface area (Å²) < 4.78 is 0. The van der Waals surface area contributed by atoms with Gasteiger partial charge < -0.3 is 0 Å². The Morgan fingerprint density at radius 1 is 1.21 bits per heavy atom. The Morgan fingerprint density at radius 3 is 2.84 bits per heavy atom. The van der Waals surface area contributed by atoms with Gasteiger partial charge in [-0.3, -0.25) is 9.78 Å². The number of fused-ring (bicyclic) bond motifs is 1. The van der Waals surface area contributed by atoms with Crippen molar-refractivity contribution in [1.82, 2.24) is 4.98 Å². The van der Waals surface area contributed by atoms with Crippen LogP contribution in [0.4, 0.5) is 0 Å². The summed E-state index contributed by atoms with van der Waals surface area (Å²) in [6.07, 6.45) is 8.71. The summed E-state index contributed by atoms with van der Waals surface area (Å²) in [5.74, 6) is 0.793. The lowest BCUT2D eigenvalue weighted by Gasteiger charge is -2.09. The number of thioether (sulfide) groups is 1. The van der Waals surface area contributed by atoms with Crippen LogP contribution in [0.15, 0.2) is 36.7 Å². The highest BCUT2D eigenvalue weighted by Gasteiger charge is 2.18. The van der Waals surface area contributed by atoms with Crippen molar-refractivity contribution in [3.8, 4) is 0 Å². The molecule has 1 aliphatic rings. The Hall–Kier alpha value is -1.35. The summed E-state index contributed by atoms with van der Waals surface area (Å²) in [7, 11) is 0. The van der Waals surface area contributed by atoms with Crippen molar-refractivity contribution < 1.29 is 4.79 Å². The zero-order valence-electron chi connectivity index (χ0n) is 10.8. The predicted octanol–water partition coefficient (Wildman–Crippen LogP) is 4.09. The number of ketones is 1. The number of Topliss-reactive ketones (excluding diaryl/α,β-unsaturated/α-hetero) is 1. The molecule has 1 aromatic carbocycles. The molecule has 98 valence electrons. The monoisotopic (exact) mass is 271 g/mol. The normalized spacial score (nSPS) is 16.0. The zero-order chi connectivity index (χ0) is 13.1. The molecule has 2 nitrogen and oxygen atoms in total. The van der Waals surface area contributed by atoms with Crippen molar-refractivity contribution in [1.29, 1.82) is 0 Å². The van der Waals surface area contributed by atoms with Gasteiger partial charge in [-0.05, 0) is 18.2 Å². The van der Waals surface area contributed by atoms with E-state index in [2.05, 4.69) is 4.98 Å². The van der Waals surface area contributed by atoms with Gasteiger partial charge in [0.2, 0.25) is 0 Å². The summed E-state index contributed by atoms with van der Waals surface area (Å²) in [6.45, 7) is 0. The summed E-state index contributed by atoms with van der Waals surface area (Å²) >= 11 is 1.82. The molecule has 1 aromatic heterocycles. The molecule has 0 bridgehead atoms. The van der Waals surface area contributed by atoms with Crippen molar-refractivity contribution >= 4 is 28.3 Å². The molecule has 2 aromatic rings. The molecule has 0 aliphatic heterocycles. The van der Waals surface area contributed by atoms with E-state index >= 15 is 0 Å². The number of rotatable bonds is 4. The van der Waals surface area contributed by atoms with Gasteiger partial charge in [0.25, 0.3) is 0 Å². The van der Waals surface area contributed by atoms with E-state index in [4.69, 9.17) is 0 Å². The molecule has 1 aliphatic carbocycles. The van der Waals surface area contributed by atoms with Crippen LogP contribution in [0.2, 0.25) is 0 Å². The molecule has 3 rings (SSSR count). The van der Waals surface area contributed by atoms with Gasteiger partial charge in [0.1, 0.15) is 0 Å². The number of pyridine rings is 1. The van der Waals surface area contributed by atoms with Crippen molar-refractivity contribution in [3.05, 3.63) is 42.2 Å². The van der Waals surface area contributed by atoms with Crippen LogP contribution in [0.3, 0.4) is 0 Å². The maximum absolute atomic E-state index is 12.4. The highest BCUT2D eigenvalue weighted by Crippen LogP contribution is 2.30. The van der Waals surface area contributed by atoms with E-state index in [1.165, 1.54) is 25.7 Å². The fraction of sp³-hybridized carbons (Fsp3) is 0.375. The Morgan fingerprint density at radius 2 is 2.00 bits per heavy atom. The van der Waals surface area contributed by atoms with E-state index in [0.29, 0.717) is 11.0 Å². The number of carbonyl (C=O) groups is 1. The van der Waals surface area contributed by atoms with E-state index in [-0.39, 0.29) is 5.78 Å². The lowest BCUT2D eigenvalue weighted by atomic mass is 10.1. The first-order chi connectivity index (χ1) is 9.34. The van der Waals surface area contributed by atoms with Crippen molar-refractivity contribution in [2.24, 2.45) is 0 Å². The quantitative estimate of drug-likeness (QED) is 0.784. The zero-order valence-corrected chi connectivity index (χ0v) is 11.7. The molecule has 0 radical (unpaired) electrons. The standard InChI is InChI=1S/C16H17NOS/c18-16(11-19-13-6-2-3-7-13)15-10-17-9-12-5-1-4-8-14(12)15/h1,4-5,8-10,13H,2-3,6-7,11H2.